The molecule has 8 heteroatoms. The van der Waals surface area contributed by atoms with Crippen LogP contribution in [0.3, 0.4) is 0 Å². The van der Waals surface area contributed by atoms with E-state index in [-0.39, 0.29) is 17.1 Å². The van der Waals surface area contributed by atoms with Crippen LogP contribution in [0.1, 0.15) is 18.9 Å². The van der Waals surface area contributed by atoms with Crippen molar-refractivity contribution in [2.24, 2.45) is 11.7 Å². The molecule has 1 aliphatic rings. The molecule has 1 aromatic rings. The smallest absolute Gasteiger partial charge is 0.326 e. The number of hydrogen-bond acceptors (Lipinski definition) is 6. The highest BCUT2D eigenvalue weighted by atomic mass is 32.2. The second-order valence-corrected chi connectivity index (χ2v) is 9.06. The minimum atomic E-state index is -0.919. The molecular formula is C19H28N2O4S2. The van der Waals surface area contributed by atoms with Crippen LogP contribution in [0.2, 0.25) is 0 Å². The van der Waals surface area contributed by atoms with Gasteiger partial charge in [0.2, 0.25) is 5.91 Å². The first-order chi connectivity index (χ1) is 13.0. The van der Waals surface area contributed by atoms with Gasteiger partial charge in [0.1, 0.15) is 11.8 Å². The first-order valence-electron chi connectivity index (χ1n) is 9.01. The number of carbonyl (C=O) groups is 2. The number of hydrogen-bond donors (Lipinski definition) is 2. The molecular weight excluding hydrogens is 384 g/mol. The number of methoxy groups -OCH3 is 1. The van der Waals surface area contributed by atoms with E-state index in [4.69, 9.17) is 10.5 Å². The Morgan fingerprint density at radius 1 is 1.37 bits per heavy atom. The number of ether oxygens (including phenoxy) is 1. The predicted octanol–water partition coefficient (Wildman–Crippen LogP) is 2.31. The Hall–Kier alpha value is -1.38. The Bertz CT molecular complexity index is 627. The fourth-order valence-corrected chi connectivity index (χ4v) is 5.16. The summed E-state index contributed by atoms with van der Waals surface area (Å²) in [6, 6.07) is 7.15. The molecule has 27 heavy (non-hydrogen) atoms. The first kappa shape index (κ1) is 21.9. The van der Waals surface area contributed by atoms with Gasteiger partial charge in [-0.1, -0.05) is 19.1 Å². The van der Waals surface area contributed by atoms with Crippen LogP contribution in [0.4, 0.5) is 0 Å². The topological polar surface area (TPSA) is 92.9 Å². The van der Waals surface area contributed by atoms with E-state index in [1.807, 2.05) is 31.2 Å². The summed E-state index contributed by atoms with van der Waals surface area (Å²) in [5.41, 5.74) is 6.71. The summed E-state index contributed by atoms with van der Waals surface area (Å²) in [5.74, 6) is 1.87. The maximum absolute atomic E-state index is 12.8. The monoisotopic (exact) mass is 412 g/mol. The van der Waals surface area contributed by atoms with Crippen LogP contribution in [-0.2, 0) is 15.3 Å². The standard InChI is InChI=1S/C19H28N2O4S2/c1-13(11-26-12-14-3-5-15(25-2)6-4-14)18(22)21-10-16(27-8-7-20)9-17(21)19(23)24/h3-6,13,16-17H,7-12,20H2,1-2H3,(H,23,24)/t13?,16?,17-/m0/s1. The number of carboxylic acids is 1. The molecule has 3 N–H and O–H groups in total. The molecule has 2 rings (SSSR count). The van der Waals surface area contributed by atoms with Crippen LogP contribution >= 0.6 is 23.5 Å². The van der Waals surface area contributed by atoms with Crippen molar-refractivity contribution in [3.8, 4) is 5.75 Å². The Morgan fingerprint density at radius 3 is 2.67 bits per heavy atom. The second-order valence-electron chi connectivity index (χ2n) is 6.63. The maximum atomic E-state index is 12.8. The molecule has 1 amide bonds. The zero-order chi connectivity index (χ0) is 19.8. The van der Waals surface area contributed by atoms with Crippen molar-refractivity contribution in [3.63, 3.8) is 0 Å². The summed E-state index contributed by atoms with van der Waals surface area (Å²) >= 11 is 3.34. The zero-order valence-corrected chi connectivity index (χ0v) is 17.4. The zero-order valence-electron chi connectivity index (χ0n) is 15.8. The summed E-state index contributed by atoms with van der Waals surface area (Å²) in [4.78, 5) is 25.9. The Labute approximate surface area is 169 Å². The third-order valence-electron chi connectivity index (χ3n) is 4.52. The molecule has 150 valence electrons. The third kappa shape index (κ3) is 6.33. The van der Waals surface area contributed by atoms with Crippen LogP contribution in [0.25, 0.3) is 0 Å². The van der Waals surface area contributed by atoms with Gasteiger partial charge in [-0.05, 0) is 24.1 Å². The van der Waals surface area contributed by atoms with Crippen LogP contribution in [0.5, 0.6) is 5.75 Å². The van der Waals surface area contributed by atoms with Crippen molar-refractivity contribution >= 4 is 35.4 Å². The van der Waals surface area contributed by atoms with E-state index >= 15 is 0 Å². The van der Waals surface area contributed by atoms with Gasteiger partial charge in [0.05, 0.1) is 7.11 Å². The number of thioether (sulfide) groups is 2. The van der Waals surface area contributed by atoms with Crippen LogP contribution in [0.15, 0.2) is 24.3 Å². The van der Waals surface area contributed by atoms with E-state index in [0.29, 0.717) is 25.3 Å². The van der Waals surface area contributed by atoms with Gasteiger partial charge < -0.3 is 20.5 Å². The number of nitrogens with zero attached hydrogens (tertiary/aromatic N) is 1. The molecule has 1 fully saturated rings. The Balaban J connectivity index is 1.85. The molecule has 0 aliphatic carbocycles. The number of nitrogens with two attached hydrogens (primary N) is 1. The number of likely N-dealkylation sites (tertiary alicyclic amines) is 1. The summed E-state index contributed by atoms with van der Waals surface area (Å²) in [5, 5.41) is 9.63. The predicted molar refractivity (Wildman–Crippen MR) is 111 cm³/mol. The molecule has 1 aliphatic heterocycles. The number of amides is 1. The Kier molecular flexibility index (Phi) is 8.79. The van der Waals surface area contributed by atoms with Crippen LogP contribution < -0.4 is 10.5 Å². The molecule has 0 saturated carbocycles. The van der Waals surface area contributed by atoms with Gasteiger partial charge in [-0.2, -0.15) is 23.5 Å². The quantitative estimate of drug-likeness (QED) is 0.609. The van der Waals surface area contributed by atoms with Crippen molar-refractivity contribution in [2.45, 2.75) is 30.4 Å². The largest absolute Gasteiger partial charge is 0.497 e. The van der Waals surface area contributed by atoms with Gasteiger partial charge in [0, 0.05) is 41.5 Å². The van der Waals surface area contributed by atoms with Gasteiger partial charge in [0.25, 0.3) is 0 Å². The number of rotatable bonds is 10. The molecule has 2 unspecified atom stereocenters. The second kappa shape index (κ2) is 10.8. The fraction of sp³-hybridized carbons (Fsp3) is 0.579. The highest BCUT2D eigenvalue weighted by Crippen LogP contribution is 2.29. The lowest BCUT2D eigenvalue weighted by atomic mass is 10.1. The molecule has 3 atom stereocenters. The van der Waals surface area contributed by atoms with Crippen molar-refractivity contribution < 1.29 is 19.4 Å². The molecule has 0 radical (unpaired) electrons. The molecule has 1 saturated heterocycles. The summed E-state index contributed by atoms with van der Waals surface area (Å²) in [6.07, 6.45) is 0.497. The SMILES string of the molecule is COc1ccc(CSCC(C)C(=O)N2CC(SCCN)C[C@H]2C(=O)O)cc1. The molecule has 6 nitrogen and oxygen atoms in total. The van der Waals surface area contributed by atoms with E-state index in [0.717, 1.165) is 17.3 Å². The molecule has 0 spiro atoms. The summed E-state index contributed by atoms with van der Waals surface area (Å²) in [7, 11) is 1.64. The molecule has 0 aromatic heterocycles. The average molecular weight is 413 g/mol. The summed E-state index contributed by atoms with van der Waals surface area (Å²) < 4.78 is 5.15. The van der Waals surface area contributed by atoms with Gasteiger partial charge >= 0.3 is 5.97 Å². The van der Waals surface area contributed by atoms with E-state index in [9.17, 15) is 14.7 Å². The van der Waals surface area contributed by atoms with Crippen LogP contribution in [0, 0.1) is 5.92 Å². The maximum Gasteiger partial charge on any atom is 0.326 e. The van der Waals surface area contributed by atoms with Crippen molar-refractivity contribution in [2.75, 3.05) is 31.7 Å². The number of benzene rings is 1. The highest BCUT2D eigenvalue weighted by molar-refractivity contribution is 8.00. The first-order valence-corrected chi connectivity index (χ1v) is 11.2. The van der Waals surface area contributed by atoms with E-state index in [2.05, 4.69) is 0 Å². The van der Waals surface area contributed by atoms with Gasteiger partial charge in [0.15, 0.2) is 0 Å². The number of carboxylic acid groups (broad SMARTS) is 1. The van der Waals surface area contributed by atoms with Crippen molar-refractivity contribution in [1.29, 1.82) is 0 Å². The lowest BCUT2D eigenvalue weighted by Gasteiger charge is -2.24. The lowest BCUT2D eigenvalue weighted by Crippen LogP contribution is -2.43. The highest BCUT2D eigenvalue weighted by Gasteiger charge is 2.40. The Morgan fingerprint density at radius 2 is 2.07 bits per heavy atom. The van der Waals surface area contributed by atoms with E-state index < -0.39 is 12.0 Å². The molecule has 0 bridgehead atoms. The van der Waals surface area contributed by atoms with Gasteiger partial charge in [-0.3, -0.25) is 4.79 Å². The number of aliphatic carboxylic acids is 1. The van der Waals surface area contributed by atoms with Gasteiger partial charge in [-0.15, -0.1) is 0 Å². The average Bonchev–Trinajstić information content (AvgIpc) is 3.10. The molecule has 1 aromatic carbocycles. The van der Waals surface area contributed by atoms with E-state index in [1.54, 1.807) is 35.5 Å². The minimum Gasteiger partial charge on any atom is -0.497 e. The fourth-order valence-electron chi connectivity index (χ4n) is 3.06. The number of carbonyl (C=O) groups excluding carboxylic acids is 1. The van der Waals surface area contributed by atoms with Gasteiger partial charge in [-0.25, -0.2) is 4.79 Å². The van der Waals surface area contributed by atoms with E-state index in [1.165, 1.54) is 5.56 Å². The van der Waals surface area contributed by atoms with Crippen molar-refractivity contribution in [1.82, 2.24) is 4.90 Å². The summed E-state index contributed by atoms with van der Waals surface area (Å²) in [6.45, 7) is 2.93. The van der Waals surface area contributed by atoms with Crippen molar-refractivity contribution in [3.05, 3.63) is 29.8 Å². The minimum absolute atomic E-state index is 0.0690. The van der Waals surface area contributed by atoms with Crippen LogP contribution in [-0.4, -0.2) is 64.9 Å². The third-order valence-corrected chi connectivity index (χ3v) is 7.08. The normalized spacial score (nSPS) is 20.5. The molecule has 1 heterocycles. The lowest BCUT2D eigenvalue weighted by molar-refractivity contribution is -0.149.